The zero-order valence-corrected chi connectivity index (χ0v) is 17.5. The van der Waals surface area contributed by atoms with Crippen LogP contribution in [0.4, 0.5) is 0 Å². The van der Waals surface area contributed by atoms with Gasteiger partial charge in [0.15, 0.2) is 17.3 Å². The predicted molar refractivity (Wildman–Crippen MR) is 116 cm³/mol. The van der Waals surface area contributed by atoms with Crippen LogP contribution >= 0.6 is 11.3 Å². The molecule has 0 aliphatic carbocycles. The molecule has 0 saturated carbocycles. The van der Waals surface area contributed by atoms with Gasteiger partial charge in [-0.1, -0.05) is 29.8 Å². The van der Waals surface area contributed by atoms with Gasteiger partial charge in [-0.15, -0.1) is 11.3 Å². The SMILES string of the molecule is COc1cc2c(cc1OC)C(CC(=O)c1csc(-c3ccc(C)cc3)n1)=NCC2. The second-order valence-electron chi connectivity index (χ2n) is 6.95. The van der Waals surface area contributed by atoms with E-state index < -0.39 is 0 Å². The molecule has 0 amide bonds. The van der Waals surface area contributed by atoms with E-state index in [0.29, 0.717) is 23.7 Å². The van der Waals surface area contributed by atoms with Crippen molar-refractivity contribution in [1.29, 1.82) is 0 Å². The van der Waals surface area contributed by atoms with Crippen molar-refractivity contribution >= 4 is 22.8 Å². The zero-order valence-electron chi connectivity index (χ0n) is 16.7. The van der Waals surface area contributed by atoms with E-state index >= 15 is 0 Å². The first kappa shape index (κ1) is 19.3. The number of nitrogens with zero attached hydrogens (tertiary/aromatic N) is 2. The molecule has 2 heterocycles. The number of ketones is 1. The molecule has 1 aliphatic heterocycles. The van der Waals surface area contributed by atoms with Crippen molar-refractivity contribution in [3.05, 3.63) is 64.2 Å². The Morgan fingerprint density at radius 1 is 1.10 bits per heavy atom. The number of carbonyl (C=O) groups excluding carboxylic acids is 1. The van der Waals surface area contributed by atoms with Gasteiger partial charge in [0.1, 0.15) is 10.7 Å². The quantitative estimate of drug-likeness (QED) is 0.554. The van der Waals surface area contributed by atoms with E-state index in [1.807, 2.05) is 48.7 Å². The zero-order chi connectivity index (χ0) is 20.4. The summed E-state index contributed by atoms with van der Waals surface area (Å²) in [5.41, 5.74) is 5.57. The number of carbonyl (C=O) groups is 1. The Labute approximate surface area is 174 Å². The van der Waals surface area contributed by atoms with Gasteiger partial charge in [0, 0.05) is 23.1 Å². The fourth-order valence-electron chi connectivity index (χ4n) is 3.42. The maximum atomic E-state index is 12.9. The van der Waals surface area contributed by atoms with E-state index in [2.05, 4.69) is 9.98 Å². The van der Waals surface area contributed by atoms with E-state index in [9.17, 15) is 4.79 Å². The average molecular weight is 407 g/mol. The minimum Gasteiger partial charge on any atom is -0.493 e. The molecule has 1 aromatic heterocycles. The summed E-state index contributed by atoms with van der Waals surface area (Å²) in [5, 5.41) is 2.68. The molecule has 0 spiro atoms. The topological polar surface area (TPSA) is 60.8 Å². The van der Waals surface area contributed by atoms with Gasteiger partial charge in [-0.2, -0.15) is 0 Å². The molecule has 0 N–H and O–H groups in total. The Morgan fingerprint density at radius 3 is 2.55 bits per heavy atom. The van der Waals surface area contributed by atoms with Gasteiger partial charge in [0.25, 0.3) is 0 Å². The number of hydrogen-bond donors (Lipinski definition) is 0. The van der Waals surface area contributed by atoms with Crippen LogP contribution in [0.5, 0.6) is 11.5 Å². The number of benzene rings is 2. The van der Waals surface area contributed by atoms with Gasteiger partial charge in [-0.25, -0.2) is 4.98 Å². The molecule has 29 heavy (non-hydrogen) atoms. The normalized spacial score (nSPS) is 12.9. The molecule has 6 heteroatoms. The highest BCUT2D eigenvalue weighted by Gasteiger charge is 2.22. The van der Waals surface area contributed by atoms with Crippen LogP contribution in [0.15, 0.2) is 46.8 Å². The Hall–Kier alpha value is -2.99. The molecule has 0 unspecified atom stereocenters. The van der Waals surface area contributed by atoms with Crippen molar-refractivity contribution in [2.75, 3.05) is 20.8 Å². The smallest absolute Gasteiger partial charge is 0.188 e. The highest BCUT2D eigenvalue weighted by molar-refractivity contribution is 7.13. The lowest BCUT2D eigenvalue weighted by Gasteiger charge is -2.19. The lowest BCUT2D eigenvalue weighted by Crippen LogP contribution is -2.17. The number of aryl methyl sites for hydroxylation is 1. The lowest BCUT2D eigenvalue weighted by atomic mass is 9.93. The maximum absolute atomic E-state index is 12.9. The highest BCUT2D eigenvalue weighted by Crippen LogP contribution is 2.33. The monoisotopic (exact) mass is 406 g/mol. The number of hydrogen-bond acceptors (Lipinski definition) is 6. The molecule has 0 bridgehead atoms. The fraction of sp³-hybridized carbons (Fsp3) is 0.261. The van der Waals surface area contributed by atoms with Gasteiger partial charge in [0.2, 0.25) is 0 Å². The van der Waals surface area contributed by atoms with Crippen molar-refractivity contribution in [2.24, 2.45) is 4.99 Å². The van der Waals surface area contributed by atoms with Crippen LogP contribution in [-0.2, 0) is 6.42 Å². The summed E-state index contributed by atoms with van der Waals surface area (Å²) in [5.74, 6) is 1.31. The highest BCUT2D eigenvalue weighted by atomic mass is 32.1. The fourth-order valence-corrected chi connectivity index (χ4v) is 4.25. The standard InChI is InChI=1S/C23H22N2O3S/c1-14-4-6-15(7-5-14)23-25-19(13-29-23)20(26)12-18-17-11-22(28-3)21(27-2)10-16(17)8-9-24-18/h4-7,10-11,13H,8-9,12H2,1-3H3. The summed E-state index contributed by atoms with van der Waals surface area (Å²) < 4.78 is 10.8. The molecule has 0 fully saturated rings. The van der Waals surface area contributed by atoms with E-state index in [1.165, 1.54) is 16.9 Å². The summed E-state index contributed by atoms with van der Waals surface area (Å²) in [6.07, 6.45) is 1.04. The number of Topliss-reactive ketones (excluding diaryl/α,β-unsaturated/α-hetero) is 1. The third-order valence-corrected chi connectivity index (χ3v) is 5.91. The predicted octanol–water partition coefficient (Wildman–Crippen LogP) is 4.75. The van der Waals surface area contributed by atoms with Crippen molar-refractivity contribution in [3.63, 3.8) is 0 Å². The average Bonchev–Trinajstić information content (AvgIpc) is 3.24. The molecule has 4 rings (SSSR count). The maximum Gasteiger partial charge on any atom is 0.188 e. The van der Waals surface area contributed by atoms with Crippen LogP contribution in [0, 0.1) is 6.92 Å². The summed E-state index contributed by atoms with van der Waals surface area (Å²) in [6.45, 7) is 2.71. The number of fused-ring (bicyclic) bond motifs is 1. The molecule has 0 saturated heterocycles. The lowest BCUT2D eigenvalue weighted by molar-refractivity contribution is 0.0996. The van der Waals surface area contributed by atoms with Crippen LogP contribution in [0.3, 0.4) is 0 Å². The molecule has 0 atom stereocenters. The van der Waals surface area contributed by atoms with E-state index in [0.717, 1.165) is 33.8 Å². The Kier molecular flexibility index (Phi) is 5.45. The summed E-state index contributed by atoms with van der Waals surface area (Å²) in [6, 6.07) is 12.1. The molecular formula is C23H22N2O3S. The molecule has 148 valence electrons. The number of rotatable bonds is 6. The first-order valence-corrected chi connectivity index (χ1v) is 10.3. The van der Waals surface area contributed by atoms with Crippen LogP contribution in [-0.4, -0.2) is 37.2 Å². The molecule has 5 nitrogen and oxygen atoms in total. The first-order valence-electron chi connectivity index (χ1n) is 9.43. The number of methoxy groups -OCH3 is 2. The van der Waals surface area contributed by atoms with Crippen molar-refractivity contribution in [1.82, 2.24) is 4.98 Å². The van der Waals surface area contributed by atoms with E-state index in [1.54, 1.807) is 14.2 Å². The summed E-state index contributed by atoms with van der Waals surface area (Å²) in [7, 11) is 3.23. The number of thiazole rings is 1. The minimum atomic E-state index is -0.0269. The van der Waals surface area contributed by atoms with Gasteiger partial charge < -0.3 is 9.47 Å². The van der Waals surface area contributed by atoms with Gasteiger partial charge >= 0.3 is 0 Å². The minimum absolute atomic E-state index is 0.0269. The number of aromatic nitrogens is 1. The van der Waals surface area contributed by atoms with Gasteiger partial charge in [-0.3, -0.25) is 9.79 Å². The Balaban J connectivity index is 1.57. The van der Waals surface area contributed by atoms with Crippen LogP contribution in [0.1, 0.15) is 33.6 Å². The molecule has 3 aromatic rings. The molecule has 1 aliphatic rings. The second-order valence-corrected chi connectivity index (χ2v) is 7.80. The second kappa shape index (κ2) is 8.17. The number of ether oxygens (including phenoxy) is 2. The van der Waals surface area contributed by atoms with Gasteiger partial charge in [0.05, 0.1) is 26.4 Å². The Bertz CT molecular complexity index is 1080. The van der Waals surface area contributed by atoms with Crippen molar-refractivity contribution in [2.45, 2.75) is 19.8 Å². The van der Waals surface area contributed by atoms with Crippen molar-refractivity contribution in [3.8, 4) is 22.1 Å². The first-order chi connectivity index (χ1) is 14.1. The largest absolute Gasteiger partial charge is 0.493 e. The Morgan fingerprint density at radius 2 is 1.83 bits per heavy atom. The van der Waals surface area contributed by atoms with Crippen LogP contribution < -0.4 is 9.47 Å². The van der Waals surface area contributed by atoms with Crippen LogP contribution in [0.2, 0.25) is 0 Å². The molecule has 2 aromatic carbocycles. The van der Waals surface area contributed by atoms with Gasteiger partial charge in [-0.05, 0) is 31.0 Å². The molecule has 0 radical (unpaired) electrons. The van der Waals surface area contributed by atoms with Crippen LogP contribution in [0.25, 0.3) is 10.6 Å². The third kappa shape index (κ3) is 3.93. The van der Waals surface area contributed by atoms with Crippen molar-refractivity contribution < 1.29 is 14.3 Å². The number of aliphatic imine (C=N–C) groups is 1. The van der Waals surface area contributed by atoms with E-state index in [4.69, 9.17) is 9.47 Å². The summed E-state index contributed by atoms with van der Waals surface area (Å²) >= 11 is 1.49. The summed E-state index contributed by atoms with van der Waals surface area (Å²) in [4.78, 5) is 22.1. The molecular weight excluding hydrogens is 384 g/mol. The third-order valence-electron chi connectivity index (χ3n) is 5.02. The van der Waals surface area contributed by atoms with E-state index in [-0.39, 0.29) is 12.2 Å².